The molecule has 0 aliphatic rings. The van der Waals surface area contributed by atoms with Crippen LogP contribution in [0.2, 0.25) is 0 Å². The molecule has 8 heteroatoms. The molecule has 0 saturated carbocycles. The van der Waals surface area contributed by atoms with Gasteiger partial charge in [-0.3, -0.25) is 4.79 Å². The number of halogens is 1. The summed E-state index contributed by atoms with van der Waals surface area (Å²) in [6, 6.07) is 16.5. The fourth-order valence-electron chi connectivity index (χ4n) is 2.55. The Morgan fingerprint density at radius 1 is 1.18 bits per heavy atom. The number of aryl methyl sites for hydroxylation is 1. The summed E-state index contributed by atoms with van der Waals surface area (Å²) in [6.45, 7) is 2.01. The van der Waals surface area contributed by atoms with Crippen LogP contribution in [0.15, 0.2) is 58.9 Å². The van der Waals surface area contributed by atoms with Crippen LogP contribution in [0.25, 0.3) is 0 Å². The highest BCUT2D eigenvalue weighted by atomic mass is 32.2. The number of carbonyl (C=O) groups excluding carboxylic acids is 1. The van der Waals surface area contributed by atoms with E-state index in [0.29, 0.717) is 15.2 Å². The van der Waals surface area contributed by atoms with E-state index in [1.807, 2.05) is 25.1 Å². The molecule has 3 aromatic rings. The van der Waals surface area contributed by atoms with Crippen LogP contribution in [-0.2, 0) is 11.2 Å². The predicted octanol–water partition coefficient (Wildman–Crippen LogP) is 4.65. The molecule has 0 bridgehead atoms. The Morgan fingerprint density at radius 2 is 2.00 bits per heavy atom. The largest absolute Gasteiger partial charge is 0.353 e. The van der Waals surface area contributed by atoms with Gasteiger partial charge in [0.1, 0.15) is 5.82 Å². The summed E-state index contributed by atoms with van der Waals surface area (Å²) in [7, 11) is 0. The Balaban J connectivity index is 1.40. The van der Waals surface area contributed by atoms with Gasteiger partial charge in [0, 0.05) is 11.7 Å². The molecule has 2 N–H and O–H groups in total. The zero-order valence-electron chi connectivity index (χ0n) is 15.4. The highest BCUT2D eigenvalue weighted by Gasteiger charge is 2.11. The molecule has 1 aromatic heterocycles. The summed E-state index contributed by atoms with van der Waals surface area (Å²) in [4.78, 5) is 12.1. The van der Waals surface area contributed by atoms with Crippen molar-refractivity contribution in [3.8, 4) is 0 Å². The van der Waals surface area contributed by atoms with Gasteiger partial charge in [-0.1, -0.05) is 59.5 Å². The number of amides is 1. The van der Waals surface area contributed by atoms with Crippen molar-refractivity contribution in [3.05, 3.63) is 66.0 Å². The Hall–Kier alpha value is -2.45. The first-order valence-electron chi connectivity index (χ1n) is 8.90. The second kappa shape index (κ2) is 10.2. The molecule has 0 spiro atoms. The number of nitrogens with one attached hydrogen (secondary N) is 2. The summed E-state index contributed by atoms with van der Waals surface area (Å²) in [6.07, 6.45) is 1.82. The summed E-state index contributed by atoms with van der Waals surface area (Å²) < 4.78 is 13.9. The molecule has 0 aliphatic carbocycles. The van der Waals surface area contributed by atoms with Crippen molar-refractivity contribution in [2.75, 3.05) is 11.1 Å². The van der Waals surface area contributed by atoms with Crippen molar-refractivity contribution in [2.24, 2.45) is 0 Å². The minimum atomic E-state index is -0.317. The van der Waals surface area contributed by atoms with E-state index >= 15 is 0 Å². The van der Waals surface area contributed by atoms with Gasteiger partial charge < -0.3 is 10.6 Å². The SMILES string of the molecule is C[C@@H](CCc1ccccc1)NC(=O)CSc1nnc(Nc2cccc(F)c2)s1. The first-order valence-corrected chi connectivity index (χ1v) is 10.7. The van der Waals surface area contributed by atoms with E-state index in [9.17, 15) is 9.18 Å². The molecule has 0 aliphatic heterocycles. The molecule has 28 heavy (non-hydrogen) atoms. The Morgan fingerprint density at radius 3 is 2.79 bits per heavy atom. The van der Waals surface area contributed by atoms with Crippen LogP contribution in [0.4, 0.5) is 15.2 Å². The first kappa shape index (κ1) is 20.3. The van der Waals surface area contributed by atoms with Crippen molar-refractivity contribution >= 4 is 39.8 Å². The highest BCUT2D eigenvalue weighted by molar-refractivity contribution is 8.01. The van der Waals surface area contributed by atoms with Crippen LogP contribution in [0.3, 0.4) is 0 Å². The molecule has 0 saturated heterocycles. The standard InChI is InChI=1S/C20H21FN4OS2/c1-14(10-11-15-6-3-2-4-7-15)22-18(26)13-27-20-25-24-19(28-20)23-17-9-5-8-16(21)12-17/h2-9,12,14H,10-11,13H2,1H3,(H,22,26)(H,23,24)/t14-/m0/s1. The second-order valence-corrected chi connectivity index (χ2v) is 8.49. The van der Waals surface area contributed by atoms with Gasteiger partial charge in [0.15, 0.2) is 4.34 Å². The molecule has 0 unspecified atom stereocenters. The Kier molecular flexibility index (Phi) is 7.39. The van der Waals surface area contributed by atoms with E-state index in [-0.39, 0.29) is 23.5 Å². The lowest BCUT2D eigenvalue weighted by atomic mass is 10.1. The number of hydrogen-bond donors (Lipinski definition) is 2. The third kappa shape index (κ3) is 6.61. The predicted molar refractivity (Wildman–Crippen MR) is 113 cm³/mol. The van der Waals surface area contributed by atoms with Gasteiger partial charge in [-0.25, -0.2) is 4.39 Å². The fourth-order valence-corrected chi connectivity index (χ4v) is 4.14. The average Bonchev–Trinajstić information content (AvgIpc) is 3.13. The van der Waals surface area contributed by atoms with E-state index in [2.05, 4.69) is 33.0 Å². The molecule has 1 heterocycles. The van der Waals surface area contributed by atoms with E-state index in [1.165, 1.54) is 40.8 Å². The monoisotopic (exact) mass is 416 g/mol. The molecule has 2 aromatic carbocycles. The van der Waals surface area contributed by atoms with Gasteiger partial charge in [0.05, 0.1) is 5.75 Å². The lowest BCUT2D eigenvalue weighted by Crippen LogP contribution is -2.34. The maximum Gasteiger partial charge on any atom is 0.230 e. The number of benzene rings is 2. The summed E-state index contributed by atoms with van der Waals surface area (Å²) >= 11 is 2.67. The van der Waals surface area contributed by atoms with Crippen LogP contribution in [0.5, 0.6) is 0 Å². The third-order valence-electron chi connectivity index (χ3n) is 3.93. The van der Waals surface area contributed by atoms with Gasteiger partial charge in [0.2, 0.25) is 11.0 Å². The maximum atomic E-state index is 13.2. The number of rotatable bonds is 9. The lowest BCUT2D eigenvalue weighted by molar-refractivity contribution is -0.119. The second-order valence-electron chi connectivity index (χ2n) is 6.29. The number of carbonyl (C=O) groups is 1. The number of anilines is 2. The number of thioether (sulfide) groups is 1. The van der Waals surface area contributed by atoms with Crippen LogP contribution in [0.1, 0.15) is 18.9 Å². The van der Waals surface area contributed by atoms with Crippen LogP contribution in [-0.4, -0.2) is 27.9 Å². The van der Waals surface area contributed by atoms with Crippen LogP contribution in [0, 0.1) is 5.82 Å². The van der Waals surface area contributed by atoms with Crippen molar-refractivity contribution < 1.29 is 9.18 Å². The van der Waals surface area contributed by atoms with Gasteiger partial charge in [-0.2, -0.15) is 0 Å². The molecular formula is C20H21FN4OS2. The molecule has 0 radical (unpaired) electrons. The maximum absolute atomic E-state index is 13.2. The molecule has 1 amide bonds. The quantitative estimate of drug-likeness (QED) is 0.497. The summed E-state index contributed by atoms with van der Waals surface area (Å²) in [5.41, 5.74) is 1.88. The van der Waals surface area contributed by atoms with Crippen molar-refractivity contribution in [2.45, 2.75) is 30.1 Å². The van der Waals surface area contributed by atoms with Crippen molar-refractivity contribution in [1.82, 2.24) is 15.5 Å². The topological polar surface area (TPSA) is 66.9 Å². The third-order valence-corrected chi connectivity index (χ3v) is 5.90. The van der Waals surface area contributed by atoms with E-state index in [1.54, 1.807) is 12.1 Å². The van der Waals surface area contributed by atoms with Gasteiger partial charge in [0.25, 0.3) is 0 Å². The van der Waals surface area contributed by atoms with Crippen LogP contribution >= 0.6 is 23.1 Å². The summed E-state index contributed by atoms with van der Waals surface area (Å²) in [5, 5.41) is 14.7. The molecule has 1 atom stereocenters. The minimum Gasteiger partial charge on any atom is -0.353 e. The zero-order valence-corrected chi connectivity index (χ0v) is 17.0. The lowest BCUT2D eigenvalue weighted by Gasteiger charge is -2.13. The molecule has 146 valence electrons. The average molecular weight is 417 g/mol. The van der Waals surface area contributed by atoms with Crippen LogP contribution < -0.4 is 10.6 Å². The normalized spacial score (nSPS) is 11.8. The molecule has 0 fully saturated rings. The minimum absolute atomic E-state index is 0.0274. The summed E-state index contributed by atoms with van der Waals surface area (Å²) in [5.74, 6) is -0.0628. The molecular weight excluding hydrogens is 395 g/mol. The van der Waals surface area contributed by atoms with Gasteiger partial charge >= 0.3 is 0 Å². The number of nitrogens with zero attached hydrogens (tertiary/aromatic N) is 2. The van der Waals surface area contributed by atoms with Gasteiger partial charge in [-0.05, 0) is 43.5 Å². The smallest absolute Gasteiger partial charge is 0.230 e. The number of aromatic nitrogens is 2. The Labute approximate surface area is 171 Å². The molecule has 5 nitrogen and oxygen atoms in total. The van der Waals surface area contributed by atoms with E-state index in [0.717, 1.165) is 12.8 Å². The number of hydrogen-bond acceptors (Lipinski definition) is 6. The van der Waals surface area contributed by atoms with E-state index in [4.69, 9.17) is 0 Å². The highest BCUT2D eigenvalue weighted by Crippen LogP contribution is 2.27. The zero-order chi connectivity index (χ0) is 19.8. The van der Waals surface area contributed by atoms with Crippen molar-refractivity contribution in [1.29, 1.82) is 0 Å². The first-order chi connectivity index (χ1) is 13.6. The van der Waals surface area contributed by atoms with E-state index < -0.39 is 0 Å². The fraction of sp³-hybridized carbons (Fsp3) is 0.250. The Bertz CT molecular complexity index is 904. The molecule has 3 rings (SSSR count). The van der Waals surface area contributed by atoms with Gasteiger partial charge in [-0.15, -0.1) is 10.2 Å². The van der Waals surface area contributed by atoms with Crippen molar-refractivity contribution in [3.63, 3.8) is 0 Å².